The van der Waals surface area contributed by atoms with Crippen LogP contribution >= 0.6 is 46.3 Å². The van der Waals surface area contributed by atoms with E-state index in [1.54, 1.807) is 17.8 Å². The summed E-state index contributed by atoms with van der Waals surface area (Å²) in [5.41, 5.74) is 1.97. The number of thiophene rings is 1. The van der Waals surface area contributed by atoms with E-state index in [1.807, 2.05) is 69.1 Å². The highest BCUT2D eigenvalue weighted by molar-refractivity contribution is 7.99. The number of carbonyl (C=O) groups is 2. The average Bonchev–Trinajstić information content (AvgIpc) is 3.63. The minimum atomic E-state index is -0.0190. The molecule has 4 aromatic rings. The smallest absolute Gasteiger partial charge is 0.264 e. The molecule has 208 valence electrons. The fourth-order valence-corrected chi connectivity index (χ4v) is 6.62. The van der Waals surface area contributed by atoms with E-state index in [1.165, 1.54) is 11.3 Å². The van der Waals surface area contributed by atoms with Gasteiger partial charge in [0.25, 0.3) is 5.91 Å². The van der Waals surface area contributed by atoms with Crippen molar-refractivity contribution in [2.45, 2.75) is 37.4 Å². The Bertz CT molecular complexity index is 1460. The molecule has 1 aliphatic rings. The van der Waals surface area contributed by atoms with Crippen LogP contribution < -0.4 is 0 Å². The molecule has 1 aliphatic heterocycles. The second kappa shape index (κ2) is 13.2. The summed E-state index contributed by atoms with van der Waals surface area (Å²) in [5.74, 6) is 1.67. The van der Waals surface area contributed by atoms with Gasteiger partial charge in [0.1, 0.15) is 5.82 Å². The molecule has 1 unspecified atom stereocenters. The minimum Gasteiger partial charge on any atom is -0.339 e. The van der Waals surface area contributed by atoms with Crippen LogP contribution in [0, 0.1) is 0 Å². The Morgan fingerprint density at radius 1 is 1.02 bits per heavy atom. The van der Waals surface area contributed by atoms with Crippen molar-refractivity contribution in [3.8, 4) is 5.69 Å². The normalized spacial score (nSPS) is 15.4. The van der Waals surface area contributed by atoms with Crippen molar-refractivity contribution in [2.24, 2.45) is 0 Å². The van der Waals surface area contributed by atoms with E-state index in [4.69, 9.17) is 23.2 Å². The molecule has 7 nitrogen and oxygen atoms in total. The van der Waals surface area contributed by atoms with Crippen molar-refractivity contribution in [3.63, 3.8) is 0 Å². The minimum absolute atomic E-state index is 0.0190. The number of halogens is 2. The van der Waals surface area contributed by atoms with Gasteiger partial charge in [-0.25, -0.2) is 0 Å². The third-order valence-electron chi connectivity index (χ3n) is 6.81. The van der Waals surface area contributed by atoms with Gasteiger partial charge < -0.3 is 9.80 Å². The van der Waals surface area contributed by atoms with Crippen molar-refractivity contribution in [3.05, 3.63) is 92.4 Å². The topological polar surface area (TPSA) is 71.3 Å². The first-order chi connectivity index (χ1) is 19.4. The van der Waals surface area contributed by atoms with Gasteiger partial charge in [0.05, 0.1) is 20.6 Å². The second-order valence-electron chi connectivity index (χ2n) is 9.61. The highest BCUT2D eigenvalue weighted by Gasteiger charge is 2.30. The molecule has 3 heterocycles. The van der Waals surface area contributed by atoms with E-state index in [-0.39, 0.29) is 17.9 Å². The van der Waals surface area contributed by atoms with Crippen LogP contribution in [0.3, 0.4) is 0 Å². The Labute approximate surface area is 252 Å². The fraction of sp³-hybridized carbons (Fsp3) is 0.310. The quantitative estimate of drug-likeness (QED) is 0.160. The first kappa shape index (κ1) is 28.7. The Morgan fingerprint density at radius 3 is 2.58 bits per heavy atom. The molecule has 1 saturated heterocycles. The first-order valence-electron chi connectivity index (χ1n) is 13.1. The largest absolute Gasteiger partial charge is 0.339 e. The molecule has 2 aromatic heterocycles. The van der Waals surface area contributed by atoms with Gasteiger partial charge in [0, 0.05) is 44.3 Å². The summed E-state index contributed by atoms with van der Waals surface area (Å²) < 4.78 is 2.01. The maximum Gasteiger partial charge on any atom is 0.264 e. The van der Waals surface area contributed by atoms with E-state index < -0.39 is 0 Å². The summed E-state index contributed by atoms with van der Waals surface area (Å²) in [6, 6.07) is 19.3. The number of amides is 2. The highest BCUT2D eigenvalue weighted by atomic mass is 35.5. The SMILES string of the molecule is CC1CN(C(=O)CCCSc2nnc(Cc3ccccc3)n2-c2ccc(Cl)c(Cl)c2)CCN1C(=O)c1cccs1. The van der Waals surface area contributed by atoms with E-state index in [2.05, 4.69) is 22.3 Å². The van der Waals surface area contributed by atoms with Crippen LogP contribution in [0.1, 0.15) is 40.8 Å². The monoisotopic (exact) mass is 613 g/mol. The summed E-state index contributed by atoms with van der Waals surface area (Å²) in [4.78, 5) is 30.2. The highest BCUT2D eigenvalue weighted by Crippen LogP contribution is 2.29. The van der Waals surface area contributed by atoms with Crippen molar-refractivity contribution in [2.75, 3.05) is 25.4 Å². The molecule has 0 radical (unpaired) electrons. The maximum atomic E-state index is 13.0. The van der Waals surface area contributed by atoms with Crippen LogP contribution in [0.15, 0.2) is 71.2 Å². The van der Waals surface area contributed by atoms with E-state index in [0.29, 0.717) is 54.7 Å². The number of hydrogen-bond donors (Lipinski definition) is 0. The van der Waals surface area contributed by atoms with Crippen molar-refractivity contribution in [1.82, 2.24) is 24.6 Å². The van der Waals surface area contributed by atoms with Crippen LogP contribution in [-0.2, 0) is 11.2 Å². The number of rotatable bonds is 9. The third-order valence-corrected chi connectivity index (χ3v) is 9.42. The molecule has 1 atom stereocenters. The van der Waals surface area contributed by atoms with E-state index >= 15 is 0 Å². The van der Waals surface area contributed by atoms with Gasteiger partial charge in [-0.2, -0.15) is 0 Å². The molecule has 40 heavy (non-hydrogen) atoms. The van der Waals surface area contributed by atoms with Gasteiger partial charge in [-0.1, -0.05) is 71.4 Å². The summed E-state index contributed by atoms with van der Waals surface area (Å²) in [6.45, 7) is 3.67. The number of aromatic nitrogens is 3. The van der Waals surface area contributed by atoms with Crippen molar-refractivity contribution < 1.29 is 9.59 Å². The number of nitrogens with zero attached hydrogens (tertiary/aromatic N) is 5. The molecular weight excluding hydrogens is 585 g/mol. The Hall–Kier alpha value is -2.85. The zero-order valence-corrected chi connectivity index (χ0v) is 25.1. The lowest BCUT2D eigenvalue weighted by Gasteiger charge is -2.39. The lowest BCUT2D eigenvalue weighted by molar-refractivity contribution is -0.133. The maximum absolute atomic E-state index is 13.0. The Morgan fingerprint density at radius 2 is 1.85 bits per heavy atom. The molecule has 0 saturated carbocycles. The number of thioether (sulfide) groups is 1. The van der Waals surface area contributed by atoms with Crippen LogP contribution in [0.5, 0.6) is 0 Å². The Balaban J connectivity index is 1.19. The van der Waals surface area contributed by atoms with Crippen molar-refractivity contribution >= 4 is 58.1 Å². The summed E-state index contributed by atoms with van der Waals surface area (Å²) in [5, 5.41) is 12.6. The molecule has 0 spiro atoms. The van der Waals surface area contributed by atoms with Crippen LogP contribution in [0.25, 0.3) is 5.69 Å². The number of hydrogen-bond acceptors (Lipinski definition) is 6. The predicted molar refractivity (Wildman–Crippen MR) is 162 cm³/mol. The van der Waals surface area contributed by atoms with Crippen LogP contribution in [-0.4, -0.2) is 67.8 Å². The lowest BCUT2D eigenvalue weighted by atomic mass is 10.1. The zero-order chi connectivity index (χ0) is 28.1. The fourth-order valence-electron chi connectivity index (χ4n) is 4.74. The molecule has 2 amide bonds. The average molecular weight is 615 g/mol. The molecular formula is C29H29Cl2N5O2S2. The molecule has 0 aliphatic carbocycles. The van der Waals surface area contributed by atoms with E-state index in [9.17, 15) is 9.59 Å². The Kier molecular flexibility index (Phi) is 9.47. The van der Waals surface area contributed by atoms with E-state index in [0.717, 1.165) is 27.1 Å². The van der Waals surface area contributed by atoms with Gasteiger partial charge in [-0.05, 0) is 48.6 Å². The molecule has 2 aromatic carbocycles. The second-order valence-corrected chi connectivity index (χ2v) is 12.4. The number of benzene rings is 2. The zero-order valence-electron chi connectivity index (χ0n) is 22.0. The molecule has 1 fully saturated rings. The van der Waals surface area contributed by atoms with Crippen LogP contribution in [0.4, 0.5) is 0 Å². The summed E-state index contributed by atoms with van der Waals surface area (Å²) >= 11 is 15.5. The van der Waals surface area contributed by atoms with Gasteiger partial charge in [-0.3, -0.25) is 14.2 Å². The standard InChI is InChI=1S/C29H29Cl2N5O2S2/c1-20-19-34(13-14-35(20)28(38)25-9-5-15-39-25)27(37)10-6-16-40-29-33-32-26(17-21-7-3-2-4-8-21)36(29)22-11-12-23(30)24(31)18-22/h2-5,7-9,11-12,15,18,20H,6,10,13-14,16-17,19H2,1H3. The predicted octanol–water partition coefficient (Wildman–Crippen LogP) is 6.47. The lowest BCUT2D eigenvalue weighted by Crippen LogP contribution is -2.55. The summed E-state index contributed by atoms with van der Waals surface area (Å²) in [7, 11) is 0. The molecule has 5 rings (SSSR count). The van der Waals surface area contributed by atoms with Gasteiger partial charge in [0.15, 0.2) is 5.16 Å². The molecule has 0 N–H and O–H groups in total. The van der Waals surface area contributed by atoms with Crippen LogP contribution in [0.2, 0.25) is 10.0 Å². The van der Waals surface area contributed by atoms with Gasteiger partial charge in [0.2, 0.25) is 5.91 Å². The number of piperazine rings is 1. The third kappa shape index (κ3) is 6.71. The van der Waals surface area contributed by atoms with Crippen molar-refractivity contribution in [1.29, 1.82) is 0 Å². The number of carbonyl (C=O) groups excluding carboxylic acids is 2. The summed E-state index contributed by atoms with van der Waals surface area (Å²) in [6.07, 6.45) is 1.76. The van der Waals surface area contributed by atoms with Gasteiger partial charge in [-0.15, -0.1) is 21.5 Å². The molecule has 11 heteroatoms. The molecule has 0 bridgehead atoms. The first-order valence-corrected chi connectivity index (χ1v) is 15.7. The van der Waals surface area contributed by atoms with Gasteiger partial charge >= 0.3 is 0 Å².